The highest BCUT2D eigenvalue weighted by atomic mass is 32.1. The van der Waals surface area contributed by atoms with E-state index in [9.17, 15) is 14.7 Å². The zero-order chi connectivity index (χ0) is 24.0. The number of carbonyl (C=O) groups excluding carboxylic acids is 2. The summed E-state index contributed by atoms with van der Waals surface area (Å²) in [5.74, 6) is 1.12. The number of thiazole rings is 1. The molecule has 2 aromatic heterocycles. The van der Waals surface area contributed by atoms with E-state index < -0.39 is 0 Å². The number of nitrogens with zero attached hydrogens (tertiary/aromatic N) is 3. The molecule has 2 atom stereocenters. The van der Waals surface area contributed by atoms with Gasteiger partial charge in [-0.1, -0.05) is 0 Å². The number of aromatic nitrogens is 2. The van der Waals surface area contributed by atoms with E-state index in [1.165, 1.54) is 24.2 Å². The predicted octanol–water partition coefficient (Wildman–Crippen LogP) is 3.60. The Morgan fingerprint density at radius 2 is 2.03 bits per heavy atom. The van der Waals surface area contributed by atoms with Crippen LogP contribution in [0.2, 0.25) is 0 Å². The van der Waals surface area contributed by atoms with Gasteiger partial charge in [-0.2, -0.15) is 0 Å². The van der Waals surface area contributed by atoms with Gasteiger partial charge in [0.1, 0.15) is 11.5 Å². The molecule has 34 heavy (non-hydrogen) atoms. The maximum atomic E-state index is 13.5. The van der Waals surface area contributed by atoms with Gasteiger partial charge in [-0.25, -0.2) is 9.97 Å². The normalized spacial score (nSPS) is 25.1. The lowest BCUT2D eigenvalue weighted by Gasteiger charge is -2.31. The molecule has 1 saturated heterocycles. The molecule has 2 aromatic rings. The number of rotatable bonds is 7. The van der Waals surface area contributed by atoms with Crippen LogP contribution in [0.4, 0.5) is 5.82 Å². The summed E-state index contributed by atoms with van der Waals surface area (Å²) in [6, 6.07) is 2.51. The van der Waals surface area contributed by atoms with E-state index in [-0.39, 0.29) is 35.0 Å². The third-order valence-corrected chi connectivity index (χ3v) is 8.43. The van der Waals surface area contributed by atoms with Crippen molar-refractivity contribution in [3.63, 3.8) is 0 Å². The summed E-state index contributed by atoms with van der Waals surface area (Å²) < 4.78 is 0. The van der Waals surface area contributed by atoms with Crippen LogP contribution in [0, 0.1) is 12.8 Å². The minimum Gasteiger partial charge on any atom is -0.393 e. The molecule has 3 heterocycles. The molecule has 0 aromatic carbocycles. The summed E-state index contributed by atoms with van der Waals surface area (Å²) in [5.41, 5.74) is 2.15. The quantitative estimate of drug-likeness (QED) is 0.555. The molecule has 8 nitrogen and oxygen atoms in total. The number of aryl methyl sites for hydroxylation is 1. The molecule has 3 aliphatic rings. The Balaban J connectivity index is 1.45. The van der Waals surface area contributed by atoms with Crippen LogP contribution in [0.1, 0.15) is 78.2 Å². The SMILES string of the molecule is Cc1cc(N[C@@H](C)C2CC2)ncc1-c1sc(C(=O)N[C@H]2C[C@H](O)C2)nc1C(=O)N1CCC[C@@H]1C. The largest absolute Gasteiger partial charge is 0.393 e. The van der Waals surface area contributed by atoms with Crippen molar-refractivity contribution in [2.75, 3.05) is 11.9 Å². The lowest BCUT2D eigenvalue weighted by Crippen LogP contribution is -2.46. The first kappa shape index (κ1) is 23.2. The van der Waals surface area contributed by atoms with Crippen LogP contribution in [-0.2, 0) is 0 Å². The molecule has 2 amide bonds. The molecule has 0 unspecified atom stereocenters. The summed E-state index contributed by atoms with van der Waals surface area (Å²) in [6.45, 7) is 6.95. The molecule has 0 bridgehead atoms. The molecule has 0 spiro atoms. The van der Waals surface area contributed by atoms with Crippen molar-refractivity contribution >= 4 is 29.0 Å². The molecule has 0 radical (unpaired) electrons. The second-order valence-corrected chi connectivity index (χ2v) is 11.1. The Morgan fingerprint density at radius 1 is 1.26 bits per heavy atom. The Bertz CT molecular complexity index is 1090. The molecule has 2 aliphatic carbocycles. The van der Waals surface area contributed by atoms with Gasteiger partial charge >= 0.3 is 0 Å². The van der Waals surface area contributed by atoms with Gasteiger partial charge in [0.25, 0.3) is 11.8 Å². The number of pyridine rings is 1. The van der Waals surface area contributed by atoms with Crippen LogP contribution >= 0.6 is 11.3 Å². The highest BCUT2D eigenvalue weighted by molar-refractivity contribution is 7.17. The third kappa shape index (κ3) is 4.68. The minimum atomic E-state index is -0.352. The number of amides is 2. The van der Waals surface area contributed by atoms with E-state index in [0.29, 0.717) is 41.9 Å². The summed E-state index contributed by atoms with van der Waals surface area (Å²) >= 11 is 1.24. The Morgan fingerprint density at radius 3 is 2.65 bits per heavy atom. The number of nitrogens with one attached hydrogen (secondary N) is 2. The van der Waals surface area contributed by atoms with Gasteiger partial charge in [-0.15, -0.1) is 11.3 Å². The lowest BCUT2D eigenvalue weighted by molar-refractivity contribution is 0.0562. The summed E-state index contributed by atoms with van der Waals surface area (Å²) in [7, 11) is 0. The summed E-state index contributed by atoms with van der Waals surface area (Å²) in [4.78, 5) is 38.1. The monoisotopic (exact) mass is 483 g/mol. The number of likely N-dealkylation sites (tertiary alicyclic amines) is 1. The first-order valence-electron chi connectivity index (χ1n) is 12.3. The van der Waals surface area contributed by atoms with Crippen molar-refractivity contribution < 1.29 is 14.7 Å². The highest BCUT2D eigenvalue weighted by Crippen LogP contribution is 2.37. The molecule has 1 aliphatic heterocycles. The van der Waals surface area contributed by atoms with Crippen molar-refractivity contribution in [3.8, 4) is 10.4 Å². The molecule has 2 saturated carbocycles. The van der Waals surface area contributed by atoms with Crippen LogP contribution in [0.5, 0.6) is 0 Å². The standard InChI is InChI=1S/C25H33N5O3S/c1-13-9-20(27-15(3)16-6-7-16)26-12-19(13)22-21(25(33)30-8-4-5-14(30)2)29-24(34-22)23(32)28-17-10-18(31)11-17/h9,12,14-18,31H,4-8,10-11H2,1-3H3,(H,26,27)(H,28,32)/t14-,15-,17-,18-/m0/s1. The van der Waals surface area contributed by atoms with E-state index in [4.69, 9.17) is 0 Å². The maximum absolute atomic E-state index is 13.5. The second kappa shape index (κ2) is 9.26. The van der Waals surface area contributed by atoms with Crippen LogP contribution in [0.3, 0.4) is 0 Å². The molecular weight excluding hydrogens is 450 g/mol. The number of hydrogen-bond donors (Lipinski definition) is 3. The molecule has 182 valence electrons. The fourth-order valence-corrected chi connectivity index (χ4v) is 5.92. The van der Waals surface area contributed by atoms with E-state index in [2.05, 4.69) is 34.4 Å². The van der Waals surface area contributed by atoms with E-state index in [1.807, 2.05) is 17.9 Å². The Kier molecular flexibility index (Phi) is 6.33. The van der Waals surface area contributed by atoms with Gasteiger partial charge in [0.2, 0.25) is 0 Å². The van der Waals surface area contributed by atoms with Crippen LogP contribution in [0.15, 0.2) is 12.3 Å². The van der Waals surface area contributed by atoms with Crippen molar-refractivity contribution in [3.05, 3.63) is 28.5 Å². The fraction of sp³-hybridized carbons (Fsp3) is 0.600. The fourth-order valence-electron chi connectivity index (χ4n) is 4.89. The number of anilines is 1. The number of aliphatic hydroxyl groups is 1. The molecule has 3 N–H and O–H groups in total. The second-order valence-electron chi connectivity index (χ2n) is 10.1. The van der Waals surface area contributed by atoms with Gasteiger partial charge < -0.3 is 20.6 Å². The lowest BCUT2D eigenvalue weighted by atomic mass is 9.89. The molecular formula is C25H33N5O3S. The smallest absolute Gasteiger partial charge is 0.280 e. The van der Waals surface area contributed by atoms with Gasteiger partial charge in [0.05, 0.1) is 11.0 Å². The van der Waals surface area contributed by atoms with Crippen molar-refractivity contribution in [2.45, 2.75) is 83.5 Å². The minimum absolute atomic E-state index is 0.0465. The van der Waals surface area contributed by atoms with Gasteiger partial charge in [-0.05, 0) is 76.8 Å². The van der Waals surface area contributed by atoms with Crippen molar-refractivity contribution in [1.82, 2.24) is 20.2 Å². The zero-order valence-electron chi connectivity index (χ0n) is 20.0. The van der Waals surface area contributed by atoms with Crippen molar-refractivity contribution in [1.29, 1.82) is 0 Å². The first-order valence-corrected chi connectivity index (χ1v) is 13.2. The number of hydrogen-bond acceptors (Lipinski definition) is 7. The average molecular weight is 484 g/mol. The van der Waals surface area contributed by atoms with E-state index >= 15 is 0 Å². The van der Waals surface area contributed by atoms with Gasteiger partial charge in [-0.3, -0.25) is 9.59 Å². The molecule has 3 fully saturated rings. The average Bonchev–Trinajstić information content (AvgIpc) is 3.40. The van der Waals surface area contributed by atoms with Crippen LogP contribution in [-0.4, -0.2) is 62.6 Å². The van der Waals surface area contributed by atoms with Crippen LogP contribution < -0.4 is 10.6 Å². The Hall–Kier alpha value is -2.52. The third-order valence-electron chi connectivity index (χ3n) is 7.35. The number of aliphatic hydroxyl groups excluding tert-OH is 1. The van der Waals surface area contributed by atoms with Gasteiger partial charge in [0, 0.05) is 36.4 Å². The summed E-state index contributed by atoms with van der Waals surface area (Å²) in [5, 5.41) is 16.2. The predicted molar refractivity (Wildman–Crippen MR) is 132 cm³/mol. The summed E-state index contributed by atoms with van der Waals surface area (Å²) in [6.07, 6.45) is 7.02. The van der Waals surface area contributed by atoms with Gasteiger partial charge in [0.15, 0.2) is 5.01 Å². The Labute approximate surface area is 204 Å². The van der Waals surface area contributed by atoms with E-state index in [1.54, 1.807) is 6.20 Å². The van der Waals surface area contributed by atoms with Crippen LogP contribution in [0.25, 0.3) is 10.4 Å². The zero-order valence-corrected chi connectivity index (χ0v) is 20.8. The molecule has 9 heteroatoms. The molecule has 5 rings (SSSR count). The topological polar surface area (TPSA) is 107 Å². The van der Waals surface area contributed by atoms with E-state index in [0.717, 1.165) is 29.8 Å². The first-order chi connectivity index (χ1) is 16.3. The van der Waals surface area contributed by atoms with Crippen molar-refractivity contribution in [2.24, 2.45) is 5.92 Å². The maximum Gasteiger partial charge on any atom is 0.280 e. The highest BCUT2D eigenvalue weighted by Gasteiger charge is 2.34. The number of carbonyl (C=O) groups is 2.